The zero-order chi connectivity index (χ0) is 11.3. The highest BCUT2D eigenvalue weighted by Crippen LogP contribution is 2.36. The molecule has 0 spiro atoms. The molecule has 0 saturated heterocycles. The van der Waals surface area contributed by atoms with Crippen LogP contribution >= 0.6 is 0 Å². The molecule has 2 nitrogen and oxygen atoms in total. The molecule has 0 bridgehead atoms. The van der Waals surface area contributed by atoms with E-state index < -0.39 is 0 Å². The van der Waals surface area contributed by atoms with Gasteiger partial charge in [0.15, 0.2) is 0 Å². The summed E-state index contributed by atoms with van der Waals surface area (Å²) in [5, 5.41) is 3.49. The molecule has 1 atom stereocenters. The Morgan fingerprint density at radius 2 is 1.93 bits per heavy atom. The van der Waals surface area contributed by atoms with Gasteiger partial charge in [0.25, 0.3) is 0 Å². The Bertz CT molecular complexity index is 164. The lowest BCUT2D eigenvalue weighted by Crippen LogP contribution is -2.33. The van der Waals surface area contributed by atoms with Crippen LogP contribution in [-0.2, 0) is 0 Å². The highest BCUT2D eigenvalue weighted by atomic mass is 15.1. The quantitative estimate of drug-likeness (QED) is 0.621. The standard InChI is InChI=1S/C13H28N2/c1-11(2)9-14-7-8-15(4)10-12(3)13-5-6-13/h11-14H,5-10H2,1-4H3. The van der Waals surface area contributed by atoms with E-state index in [0.29, 0.717) is 0 Å². The topological polar surface area (TPSA) is 15.3 Å². The second kappa shape index (κ2) is 6.49. The summed E-state index contributed by atoms with van der Waals surface area (Å²) in [6.07, 6.45) is 2.95. The van der Waals surface area contributed by atoms with E-state index in [4.69, 9.17) is 0 Å². The highest BCUT2D eigenvalue weighted by Gasteiger charge is 2.28. The van der Waals surface area contributed by atoms with Crippen molar-refractivity contribution in [3.05, 3.63) is 0 Å². The smallest absolute Gasteiger partial charge is 0.0104 e. The van der Waals surface area contributed by atoms with Crippen LogP contribution in [0.5, 0.6) is 0 Å². The lowest BCUT2D eigenvalue weighted by molar-refractivity contribution is 0.269. The Morgan fingerprint density at radius 1 is 1.27 bits per heavy atom. The molecule has 15 heavy (non-hydrogen) atoms. The van der Waals surface area contributed by atoms with Gasteiger partial charge < -0.3 is 10.2 Å². The fourth-order valence-electron chi connectivity index (χ4n) is 2.06. The van der Waals surface area contributed by atoms with E-state index in [9.17, 15) is 0 Å². The molecule has 0 aromatic carbocycles. The number of nitrogens with one attached hydrogen (secondary N) is 1. The Kier molecular flexibility index (Phi) is 5.62. The van der Waals surface area contributed by atoms with E-state index in [1.165, 1.54) is 25.9 Å². The molecule has 0 aliphatic heterocycles. The number of rotatable bonds is 8. The number of hydrogen-bond acceptors (Lipinski definition) is 2. The maximum absolute atomic E-state index is 3.49. The summed E-state index contributed by atoms with van der Waals surface area (Å²) < 4.78 is 0. The number of hydrogen-bond donors (Lipinski definition) is 1. The minimum Gasteiger partial charge on any atom is -0.315 e. The minimum absolute atomic E-state index is 0.765. The van der Waals surface area contributed by atoms with E-state index in [0.717, 1.165) is 30.8 Å². The SMILES string of the molecule is CC(C)CNCCN(C)CC(C)C1CC1. The van der Waals surface area contributed by atoms with Crippen LogP contribution in [0.3, 0.4) is 0 Å². The monoisotopic (exact) mass is 212 g/mol. The summed E-state index contributed by atoms with van der Waals surface area (Å²) in [5.74, 6) is 2.71. The average Bonchev–Trinajstić information content (AvgIpc) is 2.94. The molecule has 0 heterocycles. The fourth-order valence-corrected chi connectivity index (χ4v) is 2.06. The molecule has 1 aliphatic rings. The summed E-state index contributed by atoms with van der Waals surface area (Å²) in [6.45, 7) is 11.6. The molecule has 0 radical (unpaired) electrons. The lowest BCUT2D eigenvalue weighted by Gasteiger charge is -2.21. The van der Waals surface area contributed by atoms with Crippen molar-refractivity contribution in [1.29, 1.82) is 0 Å². The van der Waals surface area contributed by atoms with Gasteiger partial charge in [0.05, 0.1) is 0 Å². The van der Waals surface area contributed by atoms with Gasteiger partial charge in [-0.25, -0.2) is 0 Å². The first-order valence-electron chi connectivity index (χ1n) is 6.49. The maximum Gasteiger partial charge on any atom is 0.0104 e. The predicted molar refractivity (Wildman–Crippen MR) is 67.1 cm³/mol. The van der Waals surface area contributed by atoms with E-state index in [1.807, 2.05) is 0 Å². The summed E-state index contributed by atoms with van der Waals surface area (Å²) in [5.41, 5.74) is 0. The van der Waals surface area contributed by atoms with Crippen LogP contribution in [0.25, 0.3) is 0 Å². The number of likely N-dealkylation sites (N-methyl/N-ethyl adjacent to an activating group) is 1. The van der Waals surface area contributed by atoms with Crippen LogP contribution in [0.4, 0.5) is 0 Å². The van der Waals surface area contributed by atoms with Gasteiger partial charge >= 0.3 is 0 Å². The zero-order valence-electron chi connectivity index (χ0n) is 10.9. The van der Waals surface area contributed by atoms with E-state index in [2.05, 4.69) is 38.0 Å². The first-order valence-corrected chi connectivity index (χ1v) is 6.49. The van der Waals surface area contributed by atoms with Crippen molar-refractivity contribution < 1.29 is 0 Å². The molecule has 1 N–H and O–H groups in total. The normalized spacial score (nSPS) is 18.8. The molecule has 1 fully saturated rings. The van der Waals surface area contributed by atoms with E-state index in [1.54, 1.807) is 0 Å². The van der Waals surface area contributed by atoms with Crippen molar-refractivity contribution in [2.24, 2.45) is 17.8 Å². The lowest BCUT2D eigenvalue weighted by atomic mass is 10.1. The van der Waals surface area contributed by atoms with Gasteiger partial charge in [-0.2, -0.15) is 0 Å². The van der Waals surface area contributed by atoms with Gasteiger partial charge in [-0.05, 0) is 44.2 Å². The molecule has 1 rings (SSSR count). The Morgan fingerprint density at radius 3 is 2.47 bits per heavy atom. The summed E-state index contributed by atoms with van der Waals surface area (Å²) >= 11 is 0. The molecule has 90 valence electrons. The number of nitrogens with zero attached hydrogens (tertiary/aromatic N) is 1. The zero-order valence-corrected chi connectivity index (χ0v) is 10.9. The highest BCUT2D eigenvalue weighted by molar-refractivity contribution is 4.80. The molecule has 1 aliphatic carbocycles. The largest absolute Gasteiger partial charge is 0.315 e. The summed E-state index contributed by atoms with van der Waals surface area (Å²) in [7, 11) is 2.25. The fraction of sp³-hybridized carbons (Fsp3) is 1.00. The second-order valence-electron chi connectivity index (χ2n) is 5.67. The summed E-state index contributed by atoms with van der Waals surface area (Å²) in [6, 6.07) is 0. The Hall–Kier alpha value is -0.0800. The van der Waals surface area contributed by atoms with E-state index in [-0.39, 0.29) is 0 Å². The predicted octanol–water partition coefficient (Wildman–Crippen LogP) is 2.21. The van der Waals surface area contributed by atoms with Gasteiger partial charge in [-0.3, -0.25) is 0 Å². The van der Waals surface area contributed by atoms with Crippen LogP contribution in [0.2, 0.25) is 0 Å². The Labute approximate surface area is 95.4 Å². The molecular formula is C13H28N2. The molecule has 1 unspecified atom stereocenters. The molecular weight excluding hydrogens is 184 g/mol. The average molecular weight is 212 g/mol. The van der Waals surface area contributed by atoms with Crippen molar-refractivity contribution in [3.8, 4) is 0 Å². The summed E-state index contributed by atoms with van der Waals surface area (Å²) in [4.78, 5) is 2.47. The van der Waals surface area contributed by atoms with Gasteiger partial charge in [0.1, 0.15) is 0 Å². The molecule has 2 heteroatoms. The molecule has 0 aromatic heterocycles. The van der Waals surface area contributed by atoms with Gasteiger partial charge in [0.2, 0.25) is 0 Å². The van der Waals surface area contributed by atoms with Crippen LogP contribution in [0.15, 0.2) is 0 Å². The van der Waals surface area contributed by atoms with Crippen molar-refractivity contribution in [3.63, 3.8) is 0 Å². The Balaban J connectivity index is 1.95. The van der Waals surface area contributed by atoms with Gasteiger partial charge in [-0.1, -0.05) is 20.8 Å². The van der Waals surface area contributed by atoms with Gasteiger partial charge in [0, 0.05) is 19.6 Å². The minimum atomic E-state index is 0.765. The molecule has 0 amide bonds. The van der Waals surface area contributed by atoms with Crippen LogP contribution in [0.1, 0.15) is 33.6 Å². The molecule has 0 aromatic rings. The van der Waals surface area contributed by atoms with Crippen molar-refractivity contribution in [2.45, 2.75) is 33.6 Å². The van der Waals surface area contributed by atoms with Crippen LogP contribution < -0.4 is 5.32 Å². The molecule has 1 saturated carbocycles. The maximum atomic E-state index is 3.49. The van der Waals surface area contributed by atoms with Crippen molar-refractivity contribution in [1.82, 2.24) is 10.2 Å². The third-order valence-corrected chi connectivity index (χ3v) is 3.25. The van der Waals surface area contributed by atoms with Crippen molar-refractivity contribution >= 4 is 0 Å². The van der Waals surface area contributed by atoms with Gasteiger partial charge in [-0.15, -0.1) is 0 Å². The van der Waals surface area contributed by atoms with Crippen LogP contribution in [-0.4, -0.2) is 38.1 Å². The first-order chi connectivity index (χ1) is 7.09. The van der Waals surface area contributed by atoms with E-state index >= 15 is 0 Å². The van der Waals surface area contributed by atoms with Crippen LogP contribution in [0, 0.1) is 17.8 Å². The second-order valence-corrected chi connectivity index (χ2v) is 5.67. The first kappa shape index (κ1) is 13.0. The third-order valence-electron chi connectivity index (χ3n) is 3.25. The van der Waals surface area contributed by atoms with Crippen molar-refractivity contribution in [2.75, 3.05) is 33.2 Å². The third kappa shape index (κ3) is 6.16.